The molecule has 198 valence electrons. The minimum atomic E-state index is -4.22. The van der Waals surface area contributed by atoms with Gasteiger partial charge in [-0.3, -0.25) is 9.69 Å². The molecule has 0 unspecified atom stereocenters. The molecule has 2 aliphatic rings. The Hall–Kier alpha value is -3.56. The van der Waals surface area contributed by atoms with Crippen molar-refractivity contribution in [2.24, 2.45) is 0 Å². The van der Waals surface area contributed by atoms with E-state index in [1.54, 1.807) is 41.3 Å². The summed E-state index contributed by atoms with van der Waals surface area (Å²) < 4.78 is 27.7. The van der Waals surface area contributed by atoms with Crippen LogP contribution < -0.4 is 9.80 Å². The summed E-state index contributed by atoms with van der Waals surface area (Å²) in [6.07, 6.45) is 0. The molecule has 3 amide bonds. The number of anilines is 2. The molecule has 3 aromatic rings. The molecule has 2 heterocycles. The van der Waals surface area contributed by atoms with Crippen LogP contribution in [0.2, 0.25) is 5.02 Å². The van der Waals surface area contributed by atoms with Gasteiger partial charge in [0.25, 0.3) is 10.0 Å². The molecule has 0 spiro atoms. The number of sulfonamides is 1. The molecule has 38 heavy (non-hydrogen) atoms. The lowest BCUT2D eigenvalue weighted by molar-refractivity contribution is -0.132. The van der Waals surface area contributed by atoms with Crippen molar-refractivity contribution in [1.29, 1.82) is 0 Å². The minimum absolute atomic E-state index is 0.0957. The zero-order chi connectivity index (χ0) is 27.0. The number of hydrogen-bond donors (Lipinski definition) is 0. The first-order valence-corrected chi connectivity index (χ1v) is 14.3. The van der Waals surface area contributed by atoms with E-state index in [0.717, 1.165) is 9.99 Å². The molecule has 1 atom stereocenters. The molecule has 3 aromatic carbocycles. The largest absolute Gasteiger partial charge is 0.368 e. The van der Waals surface area contributed by atoms with Crippen molar-refractivity contribution >= 4 is 44.9 Å². The predicted molar refractivity (Wildman–Crippen MR) is 148 cm³/mol. The highest BCUT2D eigenvalue weighted by Gasteiger charge is 2.49. The maximum Gasteiger partial charge on any atom is 0.339 e. The van der Waals surface area contributed by atoms with E-state index in [-0.39, 0.29) is 22.4 Å². The third kappa shape index (κ3) is 4.83. The van der Waals surface area contributed by atoms with Crippen LogP contribution in [0.15, 0.2) is 77.7 Å². The molecule has 10 heteroatoms. The molecule has 0 bridgehead atoms. The molecule has 2 fully saturated rings. The Kier molecular flexibility index (Phi) is 7.07. The van der Waals surface area contributed by atoms with E-state index in [9.17, 15) is 18.0 Å². The first-order valence-electron chi connectivity index (χ1n) is 12.4. The molecule has 2 saturated heterocycles. The summed E-state index contributed by atoms with van der Waals surface area (Å²) in [6.45, 7) is 6.09. The number of para-hydroxylation sites is 1. The Morgan fingerprint density at radius 3 is 2.29 bits per heavy atom. The summed E-state index contributed by atoms with van der Waals surface area (Å²) in [5.41, 5.74) is 3.97. The van der Waals surface area contributed by atoms with Gasteiger partial charge < -0.3 is 9.80 Å². The lowest BCUT2D eigenvalue weighted by Crippen LogP contribution is -2.55. The maximum absolute atomic E-state index is 13.8. The second kappa shape index (κ2) is 10.3. The van der Waals surface area contributed by atoms with Crippen LogP contribution in [0.3, 0.4) is 0 Å². The highest BCUT2D eigenvalue weighted by atomic mass is 35.5. The summed E-state index contributed by atoms with van der Waals surface area (Å²) in [5.74, 6) is -0.272. The smallest absolute Gasteiger partial charge is 0.339 e. The van der Waals surface area contributed by atoms with Gasteiger partial charge in [0.2, 0.25) is 5.91 Å². The van der Waals surface area contributed by atoms with E-state index in [1.807, 2.05) is 0 Å². The number of piperazine rings is 1. The fraction of sp³-hybridized carbons (Fsp3) is 0.286. The average molecular weight is 553 g/mol. The van der Waals surface area contributed by atoms with E-state index >= 15 is 0 Å². The highest BCUT2D eigenvalue weighted by Crippen LogP contribution is 2.31. The van der Waals surface area contributed by atoms with Crippen molar-refractivity contribution in [1.82, 2.24) is 9.21 Å². The normalized spacial score (nSPS) is 18.3. The van der Waals surface area contributed by atoms with Gasteiger partial charge in [0.15, 0.2) is 0 Å². The zero-order valence-corrected chi connectivity index (χ0v) is 22.8. The molecule has 0 aliphatic carbocycles. The summed E-state index contributed by atoms with van der Waals surface area (Å²) in [6, 6.07) is 19.1. The van der Waals surface area contributed by atoms with E-state index in [1.165, 1.54) is 34.2 Å². The number of nitrogens with zero attached hydrogens (tertiary/aromatic N) is 4. The van der Waals surface area contributed by atoms with Gasteiger partial charge in [-0.1, -0.05) is 48.0 Å². The van der Waals surface area contributed by atoms with Gasteiger partial charge in [0, 0.05) is 42.6 Å². The van der Waals surface area contributed by atoms with Crippen LogP contribution >= 0.6 is 11.6 Å². The fourth-order valence-corrected chi connectivity index (χ4v) is 6.70. The van der Waals surface area contributed by atoms with Crippen LogP contribution in [0.25, 0.3) is 0 Å². The Balaban J connectivity index is 1.40. The topological polar surface area (TPSA) is 81.2 Å². The molecule has 2 aliphatic heterocycles. The Morgan fingerprint density at radius 1 is 0.895 bits per heavy atom. The van der Waals surface area contributed by atoms with Crippen molar-refractivity contribution in [3.8, 4) is 0 Å². The molecular formula is C28H29ClN4O4S. The number of rotatable bonds is 5. The number of aryl methyl sites for hydroxylation is 2. The van der Waals surface area contributed by atoms with Gasteiger partial charge >= 0.3 is 6.03 Å². The molecule has 5 rings (SSSR count). The lowest BCUT2D eigenvalue weighted by Gasteiger charge is -2.38. The van der Waals surface area contributed by atoms with E-state index in [4.69, 9.17) is 11.6 Å². The first-order chi connectivity index (χ1) is 18.2. The van der Waals surface area contributed by atoms with Gasteiger partial charge in [0.1, 0.15) is 6.04 Å². The summed E-state index contributed by atoms with van der Waals surface area (Å²) in [7, 11) is -4.22. The third-order valence-electron chi connectivity index (χ3n) is 7.07. The van der Waals surface area contributed by atoms with Gasteiger partial charge in [0.05, 0.1) is 11.4 Å². The molecule has 0 aromatic heterocycles. The number of urea groups is 1. The van der Waals surface area contributed by atoms with Crippen molar-refractivity contribution in [2.75, 3.05) is 42.5 Å². The van der Waals surface area contributed by atoms with Crippen LogP contribution in [0.4, 0.5) is 16.2 Å². The summed E-state index contributed by atoms with van der Waals surface area (Å²) in [5, 5.41) is 0.243. The number of carbonyl (C=O) groups is 2. The van der Waals surface area contributed by atoms with Crippen LogP contribution in [0.5, 0.6) is 0 Å². The second-order valence-corrected chi connectivity index (χ2v) is 11.9. The maximum atomic E-state index is 13.8. The van der Waals surface area contributed by atoms with Gasteiger partial charge in [-0.15, -0.1) is 0 Å². The standard InChI is InChI=1S/C28H29ClN4O4S/c1-20-11-12-21(2)25(17-20)30-13-15-31(16-14-30)27(34)26-19-32(28(35)33(26)23-8-4-3-5-9-23)38(36,37)24-10-6-7-22(29)18-24/h3-12,17-18,26H,13-16,19H2,1-2H3/t26-/m0/s1. The number of amides is 3. The highest BCUT2D eigenvalue weighted by molar-refractivity contribution is 7.89. The number of hydrogen-bond acceptors (Lipinski definition) is 5. The van der Waals surface area contributed by atoms with Crippen LogP contribution in [-0.2, 0) is 14.8 Å². The summed E-state index contributed by atoms with van der Waals surface area (Å²) >= 11 is 6.03. The van der Waals surface area contributed by atoms with Crippen molar-refractivity contribution in [3.05, 3.63) is 88.9 Å². The third-order valence-corrected chi connectivity index (χ3v) is 9.04. The zero-order valence-electron chi connectivity index (χ0n) is 21.2. The SMILES string of the molecule is Cc1ccc(C)c(N2CCN(C(=O)[C@@H]3CN(S(=O)(=O)c4cccc(Cl)c4)C(=O)N3c3ccccc3)CC2)c1. The number of halogens is 1. The van der Waals surface area contributed by atoms with E-state index in [0.29, 0.717) is 31.9 Å². The van der Waals surface area contributed by atoms with Crippen molar-refractivity contribution in [3.63, 3.8) is 0 Å². The Bertz CT molecular complexity index is 1470. The van der Waals surface area contributed by atoms with Crippen molar-refractivity contribution in [2.45, 2.75) is 24.8 Å². The number of carbonyl (C=O) groups excluding carboxylic acids is 2. The van der Waals surface area contributed by atoms with Gasteiger partial charge in [-0.2, -0.15) is 0 Å². The molecule has 0 radical (unpaired) electrons. The minimum Gasteiger partial charge on any atom is -0.368 e. The van der Waals surface area contributed by atoms with Crippen LogP contribution in [0.1, 0.15) is 11.1 Å². The Morgan fingerprint density at radius 2 is 1.61 bits per heavy atom. The Labute approximate surface area is 228 Å². The second-order valence-electron chi connectivity index (χ2n) is 9.60. The van der Waals surface area contributed by atoms with Crippen molar-refractivity contribution < 1.29 is 18.0 Å². The molecule has 8 nitrogen and oxygen atoms in total. The monoisotopic (exact) mass is 552 g/mol. The fourth-order valence-electron chi connectivity index (χ4n) is 5.03. The van der Waals surface area contributed by atoms with E-state index in [2.05, 4.69) is 36.9 Å². The molecule has 0 N–H and O–H groups in total. The average Bonchev–Trinajstić information content (AvgIpc) is 3.28. The van der Waals surface area contributed by atoms with Crippen LogP contribution in [-0.4, -0.2) is 68.3 Å². The van der Waals surface area contributed by atoms with Gasteiger partial charge in [-0.25, -0.2) is 17.5 Å². The predicted octanol–water partition coefficient (Wildman–Crippen LogP) is 4.31. The molecular weight excluding hydrogens is 524 g/mol. The van der Waals surface area contributed by atoms with Gasteiger partial charge in [-0.05, 0) is 61.4 Å². The van der Waals surface area contributed by atoms with E-state index < -0.39 is 22.1 Å². The first kappa shape index (κ1) is 26.1. The van der Waals surface area contributed by atoms with Crippen LogP contribution in [0, 0.1) is 13.8 Å². The lowest BCUT2D eigenvalue weighted by atomic mass is 10.1. The summed E-state index contributed by atoms with van der Waals surface area (Å²) in [4.78, 5) is 32.6. The quantitative estimate of drug-likeness (QED) is 0.471. The number of benzene rings is 3. The molecule has 0 saturated carbocycles.